The van der Waals surface area contributed by atoms with Gasteiger partial charge in [0.1, 0.15) is 5.82 Å². The van der Waals surface area contributed by atoms with E-state index in [4.69, 9.17) is 9.47 Å². The molecule has 126 valence electrons. The number of ether oxygens (including phenoxy) is 2. The van der Waals surface area contributed by atoms with Gasteiger partial charge in [0.05, 0.1) is 11.9 Å². The predicted molar refractivity (Wildman–Crippen MR) is 92.9 cm³/mol. The molecule has 1 amide bonds. The van der Waals surface area contributed by atoms with Crippen molar-refractivity contribution in [2.24, 2.45) is 0 Å². The summed E-state index contributed by atoms with van der Waals surface area (Å²) >= 11 is 0. The molecule has 1 aliphatic heterocycles. The van der Waals surface area contributed by atoms with Crippen LogP contribution in [0.5, 0.6) is 11.5 Å². The number of hydrogen-bond donors (Lipinski definition) is 1. The van der Waals surface area contributed by atoms with Gasteiger partial charge in [0.2, 0.25) is 6.79 Å². The van der Waals surface area contributed by atoms with Gasteiger partial charge in [0.15, 0.2) is 11.5 Å². The van der Waals surface area contributed by atoms with Crippen molar-refractivity contribution in [3.63, 3.8) is 0 Å². The Morgan fingerprint density at radius 2 is 2.08 bits per heavy atom. The fraction of sp³-hybridized carbons (Fsp3) is 0.333. The average molecular weight is 327 g/mol. The van der Waals surface area contributed by atoms with Crippen LogP contribution >= 0.6 is 0 Å². The molecule has 0 saturated heterocycles. The number of rotatable bonds is 6. The molecular weight excluding hydrogens is 306 g/mol. The van der Waals surface area contributed by atoms with Crippen LogP contribution in [-0.4, -0.2) is 31.3 Å². The van der Waals surface area contributed by atoms with Crippen LogP contribution in [0.3, 0.4) is 0 Å². The number of amides is 1. The zero-order valence-electron chi connectivity index (χ0n) is 13.9. The molecule has 1 aromatic carbocycles. The maximum atomic E-state index is 12.3. The number of fused-ring (bicyclic) bond motifs is 1. The van der Waals surface area contributed by atoms with Gasteiger partial charge in [-0.05, 0) is 36.8 Å². The van der Waals surface area contributed by atoms with E-state index in [1.807, 2.05) is 19.2 Å². The Morgan fingerprint density at radius 1 is 1.25 bits per heavy atom. The summed E-state index contributed by atoms with van der Waals surface area (Å²) in [6.07, 6.45) is 3.94. The minimum atomic E-state index is -0.206. The van der Waals surface area contributed by atoms with Crippen molar-refractivity contribution in [1.29, 1.82) is 0 Å². The monoisotopic (exact) mass is 327 g/mol. The largest absolute Gasteiger partial charge is 0.454 e. The van der Waals surface area contributed by atoms with E-state index >= 15 is 0 Å². The van der Waals surface area contributed by atoms with Crippen LogP contribution in [0.1, 0.15) is 30.1 Å². The van der Waals surface area contributed by atoms with Crippen molar-refractivity contribution in [1.82, 2.24) is 4.98 Å². The Morgan fingerprint density at radius 3 is 2.83 bits per heavy atom. The molecule has 0 bridgehead atoms. The van der Waals surface area contributed by atoms with Gasteiger partial charge in [-0.25, -0.2) is 4.98 Å². The number of unbranched alkanes of at least 4 members (excludes halogenated alkanes) is 1. The molecule has 1 aliphatic rings. The Hall–Kier alpha value is -2.76. The van der Waals surface area contributed by atoms with Gasteiger partial charge >= 0.3 is 0 Å². The lowest BCUT2D eigenvalue weighted by molar-refractivity contribution is 0.102. The Balaban J connectivity index is 1.64. The molecule has 0 radical (unpaired) electrons. The summed E-state index contributed by atoms with van der Waals surface area (Å²) in [5.41, 5.74) is 1.17. The number of nitrogens with one attached hydrogen (secondary N) is 1. The van der Waals surface area contributed by atoms with Crippen molar-refractivity contribution >= 4 is 17.4 Å². The number of aromatic nitrogens is 1. The number of carbonyl (C=O) groups excluding carboxylic acids is 1. The van der Waals surface area contributed by atoms with Crippen molar-refractivity contribution in [2.75, 3.05) is 30.6 Å². The SMILES string of the molecule is CCCCN(C)c1ccc(NC(=O)c2ccc3c(c2)OCO3)cn1. The van der Waals surface area contributed by atoms with Crippen LogP contribution in [0.15, 0.2) is 36.5 Å². The highest BCUT2D eigenvalue weighted by molar-refractivity contribution is 6.04. The zero-order chi connectivity index (χ0) is 16.9. The first-order chi connectivity index (χ1) is 11.7. The first-order valence-electron chi connectivity index (χ1n) is 8.05. The molecule has 0 fully saturated rings. The standard InChI is InChI=1S/C18H21N3O3/c1-3-4-9-21(2)17-8-6-14(11-19-17)20-18(22)13-5-7-15-16(10-13)24-12-23-15/h5-8,10-11H,3-4,9,12H2,1-2H3,(H,20,22). The van der Waals surface area contributed by atoms with Crippen LogP contribution in [0.2, 0.25) is 0 Å². The molecule has 6 nitrogen and oxygen atoms in total. The van der Waals surface area contributed by atoms with Crippen LogP contribution < -0.4 is 19.7 Å². The minimum Gasteiger partial charge on any atom is -0.454 e. The second-order valence-electron chi connectivity index (χ2n) is 5.70. The van der Waals surface area contributed by atoms with E-state index in [-0.39, 0.29) is 12.7 Å². The quantitative estimate of drug-likeness (QED) is 0.882. The molecule has 2 heterocycles. The van der Waals surface area contributed by atoms with E-state index in [1.54, 1.807) is 24.4 Å². The van der Waals surface area contributed by atoms with Gasteiger partial charge in [-0.1, -0.05) is 13.3 Å². The fourth-order valence-electron chi connectivity index (χ4n) is 2.44. The number of pyridine rings is 1. The lowest BCUT2D eigenvalue weighted by Crippen LogP contribution is -2.19. The molecule has 0 aliphatic carbocycles. The molecule has 2 aromatic rings. The highest BCUT2D eigenvalue weighted by Crippen LogP contribution is 2.32. The van der Waals surface area contributed by atoms with E-state index in [1.165, 1.54) is 0 Å². The normalized spacial score (nSPS) is 12.1. The van der Waals surface area contributed by atoms with Crippen molar-refractivity contribution < 1.29 is 14.3 Å². The molecule has 0 unspecified atom stereocenters. The average Bonchev–Trinajstić information content (AvgIpc) is 3.08. The molecule has 3 rings (SSSR count). The first kappa shape index (κ1) is 16.1. The van der Waals surface area contributed by atoms with E-state index < -0.39 is 0 Å². The van der Waals surface area contributed by atoms with E-state index in [0.29, 0.717) is 22.7 Å². The lowest BCUT2D eigenvalue weighted by atomic mass is 10.2. The van der Waals surface area contributed by atoms with Crippen LogP contribution in [-0.2, 0) is 0 Å². The summed E-state index contributed by atoms with van der Waals surface area (Å²) in [5.74, 6) is 1.94. The maximum Gasteiger partial charge on any atom is 0.255 e. The maximum absolute atomic E-state index is 12.3. The highest BCUT2D eigenvalue weighted by Gasteiger charge is 2.16. The lowest BCUT2D eigenvalue weighted by Gasteiger charge is -2.17. The van der Waals surface area contributed by atoms with Gasteiger partial charge in [0.25, 0.3) is 5.91 Å². The number of nitrogens with zero attached hydrogens (tertiary/aromatic N) is 2. The smallest absolute Gasteiger partial charge is 0.255 e. The summed E-state index contributed by atoms with van der Waals surface area (Å²) in [5, 5.41) is 2.84. The fourth-order valence-corrected chi connectivity index (χ4v) is 2.44. The van der Waals surface area contributed by atoms with E-state index in [0.717, 1.165) is 25.2 Å². The zero-order valence-corrected chi connectivity index (χ0v) is 13.9. The third-order valence-electron chi connectivity index (χ3n) is 3.88. The summed E-state index contributed by atoms with van der Waals surface area (Å²) in [6.45, 7) is 3.32. The predicted octanol–water partition coefficient (Wildman–Crippen LogP) is 3.30. The molecule has 6 heteroatoms. The Bertz CT molecular complexity index is 716. The number of hydrogen-bond acceptors (Lipinski definition) is 5. The van der Waals surface area contributed by atoms with Crippen molar-refractivity contribution in [2.45, 2.75) is 19.8 Å². The van der Waals surface area contributed by atoms with Gasteiger partial charge in [-0.2, -0.15) is 0 Å². The van der Waals surface area contributed by atoms with Crippen molar-refractivity contribution in [3.05, 3.63) is 42.1 Å². The van der Waals surface area contributed by atoms with Crippen molar-refractivity contribution in [3.8, 4) is 11.5 Å². The Labute approximate surface area is 141 Å². The molecular formula is C18H21N3O3. The van der Waals surface area contributed by atoms with E-state index in [2.05, 4.69) is 22.1 Å². The van der Waals surface area contributed by atoms with Crippen LogP contribution in [0, 0.1) is 0 Å². The summed E-state index contributed by atoms with van der Waals surface area (Å²) in [7, 11) is 2.02. The third-order valence-corrected chi connectivity index (χ3v) is 3.88. The highest BCUT2D eigenvalue weighted by atomic mass is 16.7. The molecule has 24 heavy (non-hydrogen) atoms. The molecule has 1 N–H and O–H groups in total. The molecule has 1 aromatic heterocycles. The van der Waals surface area contributed by atoms with Crippen LogP contribution in [0.25, 0.3) is 0 Å². The number of benzene rings is 1. The minimum absolute atomic E-state index is 0.192. The number of carbonyl (C=O) groups is 1. The topological polar surface area (TPSA) is 63.7 Å². The molecule has 0 spiro atoms. The number of anilines is 2. The molecule has 0 atom stereocenters. The summed E-state index contributed by atoms with van der Waals surface area (Å²) < 4.78 is 10.5. The van der Waals surface area contributed by atoms with Crippen LogP contribution in [0.4, 0.5) is 11.5 Å². The van der Waals surface area contributed by atoms with Gasteiger partial charge < -0.3 is 19.7 Å². The van der Waals surface area contributed by atoms with Gasteiger partial charge in [0, 0.05) is 19.2 Å². The second-order valence-corrected chi connectivity index (χ2v) is 5.70. The summed E-state index contributed by atoms with van der Waals surface area (Å²) in [4.78, 5) is 18.8. The Kier molecular flexibility index (Phi) is 4.84. The van der Waals surface area contributed by atoms with E-state index in [9.17, 15) is 4.79 Å². The second kappa shape index (κ2) is 7.21. The third kappa shape index (κ3) is 3.59. The van der Waals surface area contributed by atoms with Gasteiger partial charge in [-0.15, -0.1) is 0 Å². The summed E-state index contributed by atoms with van der Waals surface area (Å²) in [6, 6.07) is 8.89. The first-order valence-corrected chi connectivity index (χ1v) is 8.05. The molecule has 0 saturated carbocycles. The van der Waals surface area contributed by atoms with Gasteiger partial charge in [-0.3, -0.25) is 4.79 Å².